The first kappa shape index (κ1) is 18.4. The highest BCUT2D eigenvalue weighted by Crippen LogP contribution is 2.24. The summed E-state index contributed by atoms with van der Waals surface area (Å²) >= 11 is 0. The minimum absolute atomic E-state index is 0.207. The van der Waals surface area contributed by atoms with Crippen LogP contribution in [0.4, 0.5) is 15.8 Å². The molecule has 0 aliphatic heterocycles. The van der Waals surface area contributed by atoms with Crippen LogP contribution in [0.15, 0.2) is 66.7 Å². The fraction of sp³-hybridized carbons (Fsp3) is 0.0455. The van der Waals surface area contributed by atoms with Crippen molar-refractivity contribution in [2.45, 2.75) is 6.92 Å². The second kappa shape index (κ2) is 7.55. The van der Waals surface area contributed by atoms with Gasteiger partial charge in [0.1, 0.15) is 11.6 Å². The average molecular weight is 388 g/mol. The zero-order valence-electron chi connectivity index (χ0n) is 15.5. The van der Waals surface area contributed by atoms with Gasteiger partial charge in [-0.1, -0.05) is 18.2 Å². The predicted molar refractivity (Wildman–Crippen MR) is 110 cm³/mol. The summed E-state index contributed by atoms with van der Waals surface area (Å²) in [7, 11) is 0. The number of nitrogens with one attached hydrogen (secondary N) is 3. The lowest BCUT2D eigenvalue weighted by molar-refractivity contribution is -0.114. The first-order valence-electron chi connectivity index (χ1n) is 8.93. The van der Waals surface area contributed by atoms with Crippen LogP contribution in [0.5, 0.6) is 0 Å². The lowest BCUT2D eigenvalue weighted by Gasteiger charge is -2.07. The van der Waals surface area contributed by atoms with Gasteiger partial charge in [0.05, 0.1) is 11.0 Å². The van der Waals surface area contributed by atoms with Gasteiger partial charge < -0.3 is 15.6 Å². The highest BCUT2D eigenvalue weighted by molar-refractivity contribution is 6.06. The van der Waals surface area contributed by atoms with Crippen molar-refractivity contribution in [2.75, 3.05) is 10.6 Å². The predicted octanol–water partition coefficient (Wildman–Crippen LogP) is 4.58. The molecule has 4 aromatic rings. The van der Waals surface area contributed by atoms with Gasteiger partial charge >= 0.3 is 0 Å². The van der Waals surface area contributed by atoms with Crippen molar-refractivity contribution in [3.05, 3.63) is 78.1 Å². The van der Waals surface area contributed by atoms with Gasteiger partial charge in [-0.2, -0.15) is 0 Å². The highest BCUT2D eigenvalue weighted by atomic mass is 19.1. The van der Waals surface area contributed by atoms with Crippen molar-refractivity contribution < 1.29 is 14.0 Å². The molecule has 1 aromatic heterocycles. The molecule has 144 valence electrons. The first-order chi connectivity index (χ1) is 14.0. The van der Waals surface area contributed by atoms with Crippen LogP contribution >= 0.6 is 0 Å². The van der Waals surface area contributed by atoms with Gasteiger partial charge in [-0.05, 0) is 48.5 Å². The van der Waals surface area contributed by atoms with E-state index in [-0.39, 0.29) is 17.6 Å². The van der Waals surface area contributed by atoms with E-state index in [9.17, 15) is 14.0 Å². The molecule has 0 unspecified atom stereocenters. The second-order valence-electron chi connectivity index (χ2n) is 6.54. The van der Waals surface area contributed by atoms with Gasteiger partial charge in [0.15, 0.2) is 0 Å². The standard InChI is InChI=1S/C22H17FN4O2/c1-13(28)24-17-7-3-5-15(11-17)22(29)25-18-8-9-19-20(12-18)27-21(26-19)14-4-2-6-16(23)10-14/h2-12H,1H3,(H,24,28)(H,25,29)(H,26,27). The molecule has 29 heavy (non-hydrogen) atoms. The van der Waals surface area contributed by atoms with E-state index in [0.29, 0.717) is 39.4 Å². The van der Waals surface area contributed by atoms with E-state index >= 15 is 0 Å². The van der Waals surface area contributed by atoms with Crippen molar-refractivity contribution in [3.8, 4) is 11.4 Å². The summed E-state index contributed by atoms with van der Waals surface area (Å²) in [4.78, 5) is 31.4. The molecule has 0 radical (unpaired) electrons. The monoisotopic (exact) mass is 388 g/mol. The number of nitrogens with zero attached hydrogens (tertiary/aromatic N) is 1. The number of imidazole rings is 1. The molecule has 3 aromatic carbocycles. The number of rotatable bonds is 4. The van der Waals surface area contributed by atoms with E-state index in [1.807, 2.05) is 0 Å². The number of carbonyl (C=O) groups is 2. The Hall–Kier alpha value is -4.00. The van der Waals surface area contributed by atoms with Crippen LogP contribution in [0, 0.1) is 5.82 Å². The fourth-order valence-corrected chi connectivity index (χ4v) is 3.00. The number of H-pyrrole nitrogens is 1. The summed E-state index contributed by atoms with van der Waals surface area (Å²) in [6, 6.07) is 18.1. The molecular formula is C22H17FN4O2. The van der Waals surface area contributed by atoms with E-state index in [2.05, 4.69) is 20.6 Å². The largest absolute Gasteiger partial charge is 0.338 e. The van der Waals surface area contributed by atoms with Crippen molar-refractivity contribution in [1.82, 2.24) is 9.97 Å². The summed E-state index contributed by atoms with van der Waals surface area (Å²) in [5.41, 5.74) is 3.61. The Labute approximate surface area is 165 Å². The van der Waals surface area contributed by atoms with Crippen LogP contribution in [0.25, 0.3) is 22.4 Å². The highest BCUT2D eigenvalue weighted by Gasteiger charge is 2.10. The van der Waals surface area contributed by atoms with Gasteiger partial charge in [0.2, 0.25) is 5.91 Å². The Kier molecular flexibility index (Phi) is 4.78. The summed E-state index contributed by atoms with van der Waals surface area (Å²) in [6.45, 7) is 1.41. The maximum atomic E-state index is 13.5. The normalized spacial score (nSPS) is 10.7. The third-order valence-electron chi connectivity index (χ3n) is 4.28. The fourth-order valence-electron chi connectivity index (χ4n) is 3.00. The van der Waals surface area contributed by atoms with Crippen LogP contribution in [0.1, 0.15) is 17.3 Å². The molecule has 0 saturated carbocycles. The topological polar surface area (TPSA) is 86.9 Å². The molecule has 0 fully saturated rings. The Morgan fingerprint density at radius 2 is 1.72 bits per heavy atom. The summed E-state index contributed by atoms with van der Waals surface area (Å²) < 4.78 is 13.5. The SMILES string of the molecule is CC(=O)Nc1cccc(C(=O)Nc2ccc3nc(-c4cccc(F)c4)[nH]c3c2)c1. The number of aromatic nitrogens is 2. The van der Waals surface area contributed by atoms with Crippen LogP contribution < -0.4 is 10.6 Å². The minimum Gasteiger partial charge on any atom is -0.338 e. The molecule has 0 aliphatic rings. The quantitative estimate of drug-likeness (QED) is 0.478. The second-order valence-corrected chi connectivity index (χ2v) is 6.54. The molecule has 0 bridgehead atoms. The Balaban J connectivity index is 1.57. The Morgan fingerprint density at radius 1 is 0.931 bits per heavy atom. The third-order valence-corrected chi connectivity index (χ3v) is 4.28. The molecule has 0 saturated heterocycles. The van der Waals surface area contributed by atoms with Crippen molar-refractivity contribution >= 4 is 34.2 Å². The molecule has 0 atom stereocenters. The molecule has 1 heterocycles. The molecule has 7 heteroatoms. The number of aromatic amines is 1. The van der Waals surface area contributed by atoms with E-state index in [1.54, 1.807) is 54.6 Å². The van der Waals surface area contributed by atoms with Crippen LogP contribution in [-0.2, 0) is 4.79 Å². The van der Waals surface area contributed by atoms with Gasteiger partial charge in [-0.3, -0.25) is 9.59 Å². The Morgan fingerprint density at radius 3 is 2.52 bits per heavy atom. The number of benzene rings is 3. The smallest absolute Gasteiger partial charge is 0.255 e. The van der Waals surface area contributed by atoms with Gasteiger partial charge in [-0.25, -0.2) is 9.37 Å². The summed E-state index contributed by atoms with van der Waals surface area (Å²) in [5, 5.41) is 5.48. The number of fused-ring (bicyclic) bond motifs is 1. The van der Waals surface area contributed by atoms with Crippen LogP contribution in [-0.4, -0.2) is 21.8 Å². The van der Waals surface area contributed by atoms with Crippen LogP contribution in [0.3, 0.4) is 0 Å². The van der Waals surface area contributed by atoms with Crippen molar-refractivity contribution in [2.24, 2.45) is 0 Å². The number of halogens is 1. The minimum atomic E-state index is -0.336. The van der Waals surface area contributed by atoms with E-state index in [1.165, 1.54) is 19.1 Å². The van der Waals surface area contributed by atoms with E-state index in [0.717, 1.165) is 0 Å². The Bertz CT molecular complexity index is 1230. The maximum absolute atomic E-state index is 13.5. The number of amides is 2. The number of hydrogen-bond acceptors (Lipinski definition) is 3. The number of hydrogen-bond donors (Lipinski definition) is 3. The molecule has 0 spiro atoms. The molecular weight excluding hydrogens is 371 g/mol. The van der Waals surface area contributed by atoms with Crippen LogP contribution in [0.2, 0.25) is 0 Å². The summed E-state index contributed by atoms with van der Waals surface area (Å²) in [6.07, 6.45) is 0. The lowest BCUT2D eigenvalue weighted by Crippen LogP contribution is -2.13. The van der Waals surface area contributed by atoms with Gasteiger partial charge in [-0.15, -0.1) is 0 Å². The molecule has 4 rings (SSSR count). The summed E-state index contributed by atoms with van der Waals surface area (Å²) in [5.74, 6) is -0.300. The van der Waals surface area contributed by atoms with Crippen molar-refractivity contribution in [3.63, 3.8) is 0 Å². The lowest BCUT2D eigenvalue weighted by atomic mass is 10.1. The van der Waals surface area contributed by atoms with E-state index in [4.69, 9.17) is 0 Å². The maximum Gasteiger partial charge on any atom is 0.255 e. The zero-order valence-corrected chi connectivity index (χ0v) is 15.5. The van der Waals surface area contributed by atoms with Gasteiger partial charge in [0.25, 0.3) is 5.91 Å². The molecule has 0 aliphatic carbocycles. The average Bonchev–Trinajstić information content (AvgIpc) is 3.11. The molecule has 3 N–H and O–H groups in total. The zero-order chi connectivity index (χ0) is 20.4. The molecule has 2 amide bonds. The first-order valence-corrected chi connectivity index (χ1v) is 8.93. The van der Waals surface area contributed by atoms with Gasteiger partial charge in [0, 0.05) is 29.4 Å². The van der Waals surface area contributed by atoms with E-state index < -0.39 is 0 Å². The number of carbonyl (C=O) groups excluding carboxylic acids is 2. The number of anilines is 2. The van der Waals surface area contributed by atoms with Crippen molar-refractivity contribution in [1.29, 1.82) is 0 Å². The molecule has 6 nitrogen and oxygen atoms in total. The third kappa shape index (κ3) is 4.14.